The molecule has 1 amide bonds. The molecular weight excluding hydrogens is 282 g/mol. The molecule has 2 heterocycles. The highest BCUT2D eigenvalue weighted by Gasteiger charge is 2.23. The first-order valence-corrected chi connectivity index (χ1v) is 7.64. The van der Waals surface area contributed by atoms with Gasteiger partial charge in [-0.3, -0.25) is 14.4 Å². The molecule has 1 aromatic carbocycles. The van der Waals surface area contributed by atoms with Crippen molar-refractivity contribution in [2.24, 2.45) is 5.92 Å². The van der Waals surface area contributed by atoms with E-state index in [0.29, 0.717) is 22.5 Å². The number of nitrogens with zero attached hydrogens (tertiary/aromatic N) is 1. The molecule has 0 saturated carbocycles. The van der Waals surface area contributed by atoms with Crippen LogP contribution in [0.25, 0.3) is 11.0 Å². The monoisotopic (exact) mass is 301 g/mol. The third kappa shape index (κ3) is 2.68. The van der Waals surface area contributed by atoms with Crippen LogP contribution in [0.4, 0.5) is 0 Å². The molecule has 1 aromatic heterocycles. The number of hydrogen-bond acceptors (Lipinski definition) is 3. The van der Waals surface area contributed by atoms with Crippen molar-refractivity contribution in [3.05, 3.63) is 44.5 Å². The van der Waals surface area contributed by atoms with E-state index in [-0.39, 0.29) is 5.91 Å². The Morgan fingerprint density at radius 2 is 1.95 bits per heavy atom. The van der Waals surface area contributed by atoms with E-state index in [1.807, 2.05) is 4.90 Å². The Morgan fingerprint density at radius 1 is 1.23 bits per heavy atom. The largest absolute Gasteiger partial charge is 0.338 e. The smallest absolute Gasteiger partial charge is 0.314 e. The van der Waals surface area contributed by atoms with Crippen LogP contribution in [0.2, 0.25) is 0 Å². The fourth-order valence-electron chi connectivity index (χ4n) is 3.01. The first-order valence-electron chi connectivity index (χ1n) is 7.64. The summed E-state index contributed by atoms with van der Waals surface area (Å²) in [4.78, 5) is 42.2. The van der Waals surface area contributed by atoms with Gasteiger partial charge in [0.05, 0.1) is 11.0 Å². The molecule has 0 unspecified atom stereocenters. The average molecular weight is 301 g/mol. The van der Waals surface area contributed by atoms with Gasteiger partial charge < -0.3 is 14.9 Å². The number of H-pyrrole nitrogens is 2. The molecule has 1 fully saturated rings. The number of benzene rings is 1. The van der Waals surface area contributed by atoms with Gasteiger partial charge >= 0.3 is 11.1 Å². The number of aromatic nitrogens is 2. The number of nitrogens with one attached hydrogen (secondary N) is 2. The van der Waals surface area contributed by atoms with Crippen molar-refractivity contribution in [2.45, 2.75) is 26.2 Å². The van der Waals surface area contributed by atoms with Crippen LogP contribution < -0.4 is 11.1 Å². The van der Waals surface area contributed by atoms with E-state index < -0.39 is 11.1 Å². The molecule has 22 heavy (non-hydrogen) atoms. The summed E-state index contributed by atoms with van der Waals surface area (Å²) in [5.41, 5.74) is 0.132. The average Bonchev–Trinajstić information content (AvgIpc) is 2.55. The highest BCUT2D eigenvalue weighted by atomic mass is 16.2. The molecule has 0 radical (unpaired) electrons. The van der Waals surface area contributed by atoms with Crippen LogP contribution in [0.3, 0.4) is 0 Å². The summed E-state index contributed by atoms with van der Waals surface area (Å²) in [6.45, 7) is 3.71. The molecule has 1 aliphatic rings. The van der Waals surface area contributed by atoms with Gasteiger partial charge in [-0.15, -0.1) is 0 Å². The minimum absolute atomic E-state index is 0.0212. The van der Waals surface area contributed by atoms with E-state index in [9.17, 15) is 14.4 Å². The molecule has 1 aliphatic heterocycles. The Hall–Kier alpha value is -2.37. The fourth-order valence-corrected chi connectivity index (χ4v) is 3.01. The molecule has 1 saturated heterocycles. The van der Waals surface area contributed by atoms with Crippen LogP contribution >= 0.6 is 0 Å². The number of amides is 1. The van der Waals surface area contributed by atoms with E-state index in [4.69, 9.17) is 0 Å². The number of carbonyl (C=O) groups is 1. The first kappa shape index (κ1) is 14.6. The summed E-state index contributed by atoms with van der Waals surface area (Å²) in [5.74, 6) is 0.543. The minimum Gasteiger partial charge on any atom is -0.338 e. The van der Waals surface area contributed by atoms with Crippen molar-refractivity contribution >= 4 is 16.9 Å². The van der Waals surface area contributed by atoms with Crippen molar-refractivity contribution in [2.75, 3.05) is 13.1 Å². The van der Waals surface area contributed by atoms with Gasteiger partial charge in [0.15, 0.2) is 0 Å². The first-order chi connectivity index (χ1) is 10.6. The van der Waals surface area contributed by atoms with Gasteiger partial charge in [-0.2, -0.15) is 0 Å². The second-order valence-electron chi connectivity index (χ2n) is 5.84. The number of rotatable bonds is 2. The Labute approximate surface area is 127 Å². The van der Waals surface area contributed by atoms with E-state index in [2.05, 4.69) is 16.9 Å². The van der Waals surface area contributed by atoms with Crippen LogP contribution in [0.1, 0.15) is 36.5 Å². The molecular formula is C16H19N3O3. The second kappa shape index (κ2) is 5.79. The molecule has 3 rings (SSSR count). The Bertz CT molecular complexity index is 821. The van der Waals surface area contributed by atoms with Crippen LogP contribution in [-0.2, 0) is 0 Å². The predicted octanol–water partition coefficient (Wildman–Crippen LogP) is 1.48. The number of fused-ring (bicyclic) bond motifs is 1. The number of carbonyl (C=O) groups excluding carboxylic acids is 1. The lowest BCUT2D eigenvalue weighted by atomic mass is 9.95. The van der Waals surface area contributed by atoms with E-state index in [0.717, 1.165) is 25.9 Å². The molecule has 116 valence electrons. The van der Waals surface area contributed by atoms with Gasteiger partial charge in [-0.05, 0) is 37.0 Å². The van der Waals surface area contributed by atoms with Crippen molar-refractivity contribution in [3.63, 3.8) is 0 Å². The van der Waals surface area contributed by atoms with Crippen LogP contribution in [0.5, 0.6) is 0 Å². The zero-order valence-corrected chi connectivity index (χ0v) is 12.5. The Balaban J connectivity index is 1.92. The zero-order chi connectivity index (χ0) is 15.7. The summed E-state index contributed by atoms with van der Waals surface area (Å²) in [5, 5.41) is 0. The van der Waals surface area contributed by atoms with Gasteiger partial charge in [-0.1, -0.05) is 13.3 Å². The highest BCUT2D eigenvalue weighted by Crippen LogP contribution is 2.21. The summed E-state index contributed by atoms with van der Waals surface area (Å²) < 4.78 is 0. The molecule has 2 aromatic rings. The Kier molecular flexibility index (Phi) is 3.83. The van der Waals surface area contributed by atoms with Gasteiger partial charge in [0.1, 0.15) is 0 Å². The minimum atomic E-state index is -0.707. The summed E-state index contributed by atoms with van der Waals surface area (Å²) in [7, 11) is 0. The molecule has 6 heteroatoms. The summed E-state index contributed by atoms with van der Waals surface area (Å²) in [6.07, 6.45) is 3.28. The van der Waals surface area contributed by atoms with Crippen LogP contribution in [0, 0.1) is 5.92 Å². The Morgan fingerprint density at radius 3 is 2.68 bits per heavy atom. The maximum atomic E-state index is 12.6. The topological polar surface area (TPSA) is 86.0 Å². The molecule has 6 nitrogen and oxygen atoms in total. The predicted molar refractivity (Wildman–Crippen MR) is 84.1 cm³/mol. The van der Waals surface area contributed by atoms with Gasteiger partial charge in [0.25, 0.3) is 5.91 Å². The molecule has 1 atom stereocenters. The second-order valence-corrected chi connectivity index (χ2v) is 5.84. The summed E-state index contributed by atoms with van der Waals surface area (Å²) in [6, 6.07) is 4.97. The number of hydrogen-bond donors (Lipinski definition) is 2. The standard InChI is InChI=1S/C16H19N3O3/c1-2-10-4-3-7-19(9-10)16(22)11-5-6-12-13(8-11)18-15(21)14(20)17-12/h5-6,8,10H,2-4,7,9H2,1H3,(H,17,20)(H,18,21)/t10-/m0/s1. The molecule has 0 aliphatic carbocycles. The number of aromatic amines is 2. The molecule has 2 N–H and O–H groups in total. The lowest BCUT2D eigenvalue weighted by Crippen LogP contribution is -2.39. The van der Waals surface area contributed by atoms with E-state index >= 15 is 0 Å². The van der Waals surface area contributed by atoms with Crippen molar-refractivity contribution in [3.8, 4) is 0 Å². The lowest BCUT2D eigenvalue weighted by Gasteiger charge is -2.32. The third-order valence-corrected chi connectivity index (χ3v) is 4.35. The number of likely N-dealkylation sites (tertiary alicyclic amines) is 1. The van der Waals surface area contributed by atoms with Crippen molar-refractivity contribution in [1.29, 1.82) is 0 Å². The zero-order valence-electron chi connectivity index (χ0n) is 12.5. The SMILES string of the molecule is CC[C@H]1CCCN(C(=O)c2ccc3[nH]c(=O)c(=O)[nH]c3c2)C1. The third-order valence-electron chi connectivity index (χ3n) is 4.35. The van der Waals surface area contributed by atoms with E-state index in [1.54, 1.807) is 18.2 Å². The molecule has 0 spiro atoms. The van der Waals surface area contributed by atoms with Gasteiger partial charge in [0, 0.05) is 18.7 Å². The number of piperidine rings is 1. The highest BCUT2D eigenvalue weighted by molar-refractivity contribution is 5.97. The van der Waals surface area contributed by atoms with Crippen LogP contribution in [0.15, 0.2) is 27.8 Å². The maximum Gasteiger partial charge on any atom is 0.314 e. The van der Waals surface area contributed by atoms with Crippen molar-refractivity contribution < 1.29 is 4.79 Å². The maximum absolute atomic E-state index is 12.6. The van der Waals surface area contributed by atoms with E-state index in [1.165, 1.54) is 6.42 Å². The van der Waals surface area contributed by atoms with Gasteiger partial charge in [-0.25, -0.2) is 0 Å². The molecule has 0 bridgehead atoms. The quantitative estimate of drug-likeness (QED) is 0.824. The normalized spacial score (nSPS) is 18.6. The van der Waals surface area contributed by atoms with Gasteiger partial charge in [0.2, 0.25) is 0 Å². The van der Waals surface area contributed by atoms with Crippen molar-refractivity contribution in [1.82, 2.24) is 14.9 Å². The fraction of sp³-hybridized carbons (Fsp3) is 0.438. The lowest BCUT2D eigenvalue weighted by molar-refractivity contribution is 0.0671. The van der Waals surface area contributed by atoms with Crippen LogP contribution in [-0.4, -0.2) is 33.9 Å². The summed E-state index contributed by atoms with van der Waals surface area (Å²) >= 11 is 0.